The van der Waals surface area contributed by atoms with Gasteiger partial charge in [0, 0.05) is 26.7 Å². The van der Waals surface area contributed by atoms with E-state index in [4.69, 9.17) is 10.5 Å². The van der Waals surface area contributed by atoms with Gasteiger partial charge in [-0.05, 0) is 19.3 Å². The van der Waals surface area contributed by atoms with Crippen molar-refractivity contribution in [1.82, 2.24) is 9.78 Å². The molecule has 5 nitrogen and oxygen atoms in total. The van der Waals surface area contributed by atoms with E-state index in [9.17, 15) is 0 Å². The summed E-state index contributed by atoms with van der Waals surface area (Å²) in [6.45, 7) is 3.76. The number of hydrogen-bond donors (Lipinski definition) is 1. The molecule has 0 aliphatic heterocycles. The molecule has 18 heavy (non-hydrogen) atoms. The minimum Gasteiger partial charge on any atom is -0.394 e. The second-order valence-corrected chi connectivity index (χ2v) is 4.97. The lowest BCUT2D eigenvalue weighted by Crippen LogP contribution is -2.31. The molecule has 0 spiro atoms. The number of hydrogen-bond acceptors (Lipinski definition) is 4. The molecule has 1 heterocycles. The Morgan fingerprint density at radius 3 is 2.78 bits per heavy atom. The standard InChI is InChI=1S/C13H24N4O/c1-4-5-11-12(14)13(16(2)15-11)17(8-9-18-3)10-6-7-10/h10H,4-9,14H2,1-3H3. The number of anilines is 2. The molecule has 1 aromatic rings. The lowest BCUT2D eigenvalue weighted by Gasteiger charge is -2.24. The fraction of sp³-hybridized carbons (Fsp3) is 0.769. The van der Waals surface area contributed by atoms with Crippen molar-refractivity contribution >= 4 is 11.5 Å². The second-order valence-electron chi connectivity index (χ2n) is 4.97. The van der Waals surface area contributed by atoms with E-state index in [1.807, 2.05) is 11.7 Å². The van der Waals surface area contributed by atoms with Gasteiger partial charge in [-0.3, -0.25) is 4.68 Å². The maximum absolute atomic E-state index is 6.26. The van der Waals surface area contributed by atoms with Gasteiger partial charge in [0.05, 0.1) is 18.0 Å². The fourth-order valence-corrected chi connectivity index (χ4v) is 2.39. The molecule has 0 radical (unpaired) electrons. The van der Waals surface area contributed by atoms with Crippen LogP contribution in [-0.2, 0) is 18.2 Å². The number of methoxy groups -OCH3 is 1. The summed E-state index contributed by atoms with van der Waals surface area (Å²) in [6.07, 6.45) is 4.51. The number of aryl methyl sites for hydroxylation is 2. The Balaban J connectivity index is 2.23. The monoisotopic (exact) mass is 252 g/mol. The topological polar surface area (TPSA) is 56.3 Å². The molecule has 0 aromatic carbocycles. The maximum Gasteiger partial charge on any atom is 0.150 e. The van der Waals surface area contributed by atoms with Gasteiger partial charge in [-0.2, -0.15) is 5.10 Å². The molecule has 0 unspecified atom stereocenters. The highest BCUT2D eigenvalue weighted by atomic mass is 16.5. The zero-order chi connectivity index (χ0) is 13.1. The van der Waals surface area contributed by atoms with E-state index < -0.39 is 0 Å². The highest BCUT2D eigenvalue weighted by Gasteiger charge is 2.32. The molecular weight excluding hydrogens is 228 g/mol. The second kappa shape index (κ2) is 5.61. The van der Waals surface area contributed by atoms with Crippen molar-refractivity contribution in [3.05, 3.63) is 5.69 Å². The van der Waals surface area contributed by atoms with Crippen LogP contribution < -0.4 is 10.6 Å². The van der Waals surface area contributed by atoms with E-state index in [1.54, 1.807) is 7.11 Å². The van der Waals surface area contributed by atoms with Crippen molar-refractivity contribution < 1.29 is 4.74 Å². The van der Waals surface area contributed by atoms with Crippen LogP contribution in [0.3, 0.4) is 0 Å². The Hall–Kier alpha value is -1.23. The quantitative estimate of drug-likeness (QED) is 0.800. The van der Waals surface area contributed by atoms with E-state index >= 15 is 0 Å². The summed E-state index contributed by atoms with van der Waals surface area (Å²) in [6, 6.07) is 0.618. The first-order valence-electron chi connectivity index (χ1n) is 6.76. The molecule has 0 amide bonds. The van der Waals surface area contributed by atoms with Gasteiger partial charge in [-0.15, -0.1) is 0 Å². The van der Waals surface area contributed by atoms with Crippen molar-refractivity contribution in [3.8, 4) is 0 Å². The van der Waals surface area contributed by atoms with Crippen LogP contribution in [0.25, 0.3) is 0 Å². The average Bonchev–Trinajstić information content (AvgIpc) is 3.13. The van der Waals surface area contributed by atoms with Crippen LogP contribution in [0.15, 0.2) is 0 Å². The summed E-state index contributed by atoms with van der Waals surface area (Å²) in [5, 5.41) is 4.55. The molecule has 1 fully saturated rings. The van der Waals surface area contributed by atoms with Crippen LogP contribution in [0.4, 0.5) is 11.5 Å². The zero-order valence-electron chi connectivity index (χ0n) is 11.6. The van der Waals surface area contributed by atoms with Crippen LogP contribution in [0.2, 0.25) is 0 Å². The lowest BCUT2D eigenvalue weighted by atomic mass is 10.2. The maximum atomic E-state index is 6.26. The molecule has 1 aromatic heterocycles. The van der Waals surface area contributed by atoms with Gasteiger partial charge in [-0.1, -0.05) is 13.3 Å². The zero-order valence-corrected chi connectivity index (χ0v) is 11.6. The third-order valence-electron chi connectivity index (χ3n) is 3.41. The normalized spacial score (nSPS) is 15.1. The van der Waals surface area contributed by atoms with Crippen molar-refractivity contribution in [2.75, 3.05) is 30.9 Å². The van der Waals surface area contributed by atoms with E-state index in [-0.39, 0.29) is 0 Å². The van der Waals surface area contributed by atoms with E-state index in [0.717, 1.165) is 43.2 Å². The molecular formula is C13H24N4O. The highest BCUT2D eigenvalue weighted by molar-refractivity contribution is 5.67. The van der Waals surface area contributed by atoms with Crippen molar-refractivity contribution in [3.63, 3.8) is 0 Å². The number of aromatic nitrogens is 2. The molecule has 2 N–H and O–H groups in total. The molecule has 2 rings (SSSR count). The number of nitrogen functional groups attached to an aromatic ring is 1. The largest absolute Gasteiger partial charge is 0.394 e. The van der Waals surface area contributed by atoms with Crippen LogP contribution in [-0.4, -0.2) is 36.1 Å². The Labute approximate surface area is 109 Å². The van der Waals surface area contributed by atoms with Gasteiger partial charge in [-0.25, -0.2) is 0 Å². The van der Waals surface area contributed by atoms with Gasteiger partial charge < -0.3 is 15.4 Å². The van der Waals surface area contributed by atoms with Crippen molar-refractivity contribution in [2.24, 2.45) is 7.05 Å². The fourth-order valence-electron chi connectivity index (χ4n) is 2.39. The molecule has 0 bridgehead atoms. The van der Waals surface area contributed by atoms with Gasteiger partial charge >= 0.3 is 0 Å². The molecule has 5 heteroatoms. The Kier molecular flexibility index (Phi) is 4.11. The highest BCUT2D eigenvalue weighted by Crippen LogP contribution is 2.35. The smallest absolute Gasteiger partial charge is 0.150 e. The van der Waals surface area contributed by atoms with Gasteiger partial charge in [0.2, 0.25) is 0 Å². The first-order chi connectivity index (χ1) is 8.69. The third-order valence-corrected chi connectivity index (χ3v) is 3.41. The summed E-state index contributed by atoms with van der Waals surface area (Å²) in [5.41, 5.74) is 8.14. The van der Waals surface area contributed by atoms with Crippen molar-refractivity contribution in [2.45, 2.75) is 38.6 Å². The Bertz CT molecular complexity index is 398. The van der Waals surface area contributed by atoms with E-state index in [2.05, 4.69) is 16.9 Å². The first-order valence-corrected chi connectivity index (χ1v) is 6.76. The SMILES string of the molecule is CCCc1nn(C)c(N(CCOC)C2CC2)c1N. The number of ether oxygens (including phenoxy) is 1. The Morgan fingerprint density at radius 2 is 2.22 bits per heavy atom. The van der Waals surface area contributed by atoms with E-state index in [1.165, 1.54) is 12.8 Å². The van der Waals surface area contributed by atoms with Gasteiger partial charge in [0.1, 0.15) is 0 Å². The van der Waals surface area contributed by atoms with Gasteiger partial charge in [0.25, 0.3) is 0 Å². The predicted molar refractivity (Wildman–Crippen MR) is 73.9 cm³/mol. The molecule has 1 aliphatic rings. The summed E-state index contributed by atoms with van der Waals surface area (Å²) in [5.74, 6) is 1.07. The van der Waals surface area contributed by atoms with Crippen LogP contribution >= 0.6 is 0 Å². The third kappa shape index (κ3) is 2.61. The summed E-state index contributed by atoms with van der Waals surface area (Å²) < 4.78 is 7.12. The minimum atomic E-state index is 0.618. The predicted octanol–water partition coefficient (Wildman–Crippen LogP) is 1.57. The average molecular weight is 252 g/mol. The summed E-state index contributed by atoms with van der Waals surface area (Å²) >= 11 is 0. The van der Waals surface area contributed by atoms with Crippen LogP contribution in [0.1, 0.15) is 31.9 Å². The first kappa shape index (κ1) is 13.2. The summed E-state index contributed by atoms with van der Waals surface area (Å²) in [7, 11) is 3.72. The molecule has 1 saturated carbocycles. The summed E-state index contributed by atoms with van der Waals surface area (Å²) in [4.78, 5) is 2.35. The number of nitrogens with zero attached hydrogens (tertiary/aromatic N) is 3. The van der Waals surface area contributed by atoms with Crippen molar-refractivity contribution in [1.29, 1.82) is 0 Å². The number of nitrogens with two attached hydrogens (primary N) is 1. The van der Waals surface area contributed by atoms with E-state index in [0.29, 0.717) is 6.04 Å². The van der Waals surface area contributed by atoms with Gasteiger partial charge in [0.15, 0.2) is 5.82 Å². The number of rotatable bonds is 7. The Morgan fingerprint density at radius 1 is 1.50 bits per heavy atom. The molecule has 0 atom stereocenters. The minimum absolute atomic E-state index is 0.618. The molecule has 1 aliphatic carbocycles. The van der Waals surface area contributed by atoms with Crippen LogP contribution in [0.5, 0.6) is 0 Å². The molecule has 102 valence electrons. The molecule has 0 saturated heterocycles. The van der Waals surface area contributed by atoms with Crippen LogP contribution in [0, 0.1) is 0 Å². The lowest BCUT2D eigenvalue weighted by molar-refractivity contribution is 0.204.